The molecule has 1 atom stereocenters. The van der Waals surface area contributed by atoms with E-state index < -0.39 is 0 Å². The largest absolute Gasteiger partial charge is 0.497 e. The second-order valence-corrected chi connectivity index (χ2v) is 10.3. The zero-order chi connectivity index (χ0) is 25.7. The SMILES string of the molecule is COc1cccc(C(c2ccc(OCCN3CCCCC3)cc2)c2cc3ccccc3c3ccccc23)c1. The van der Waals surface area contributed by atoms with Gasteiger partial charge in [0.05, 0.1) is 7.11 Å². The summed E-state index contributed by atoms with van der Waals surface area (Å²) in [7, 11) is 1.73. The molecule has 0 radical (unpaired) electrons. The van der Waals surface area contributed by atoms with Crippen LogP contribution in [0.4, 0.5) is 0 Å². The third-order valence-electron chi connectivity index (χ3n) is 7.88. The van der Waals surface area contributed by atoms with Crippen molar-refractivity contribution in [2.75, 3.05) is 33.4 Å². The van der Waals surface area contributed by atoms with Gasteiger partial charge in [-0.3, -0.25) is 4.90 Å². The van der Waals surface area contributed by atoms with E-state index in [1.807, 2.05) is 6.07 Å². The van der Waals surface area contributed by atoms with Crippen molar-refractivity contribution in [2.24, 2.45) is 0 Å². The molecular formula is C35H35NO2. The molecule has 6 rings (SSSR count). The molecule has 0 amide bonds. The van der Waals surface area contributed by atoms with Crippen LogP contribution in [0.15, 0.2) is 103 Å². The summed E-state index contributed by atoms with van der Waals surface area (Å²) in [5.41, 5.74) is 3.75. The summed E-state index contributed by atoms with van der Waals surface area (Å²) in [5, 5.41) is 5.10. The fourth-order valence-corrected chi connectivity index (χ4v) is 5.93. The minimum atomic E-state index is 0.0574. The van der Waals surface area contributed by atoms with E-state index in [-0.39, 0.29) is 5.92 Å². The van der Waals surface area contributed by atoms with Gasteiger partial charge in [-0.1, -0.05) is 79.2 Å². The fraction of sp³-hybridized carbons (Fsp3) is 0.257. The molecule has 0 aliphatic carbocycles. The minimum absolute atomic E-state index is 0.0574. The molecule has 3 nitrogen and oxygen atoms in total. The molecule has 1 fully saturated rings. The molecule has 0 N–H and O–H groups in total. The summed E-state index contributed by atoms with van der Waals surface area (Å²) in [4.78, 5) is 2.52. The zero-order valence-electron chi connectivity index (χ0n) is 22.1. The van der Waals surface area contributed by atoms with Crippen molar-refractivity contribution in [1.29, 1.82) is 0 Å². The number of methoxy groups -OCH3 is 1. The van der Waals surface area contributed by atoms with Crippen molar-refractivity contribution in [2.45, 2.75) is 25.2 Å². The number of rotatable bonds is 8. The summed E-state index contributed by atoms with van der Waals surface area (Å²) in [6, 6.07) is 37.0. The molecule has 5 aromatic carbocycles. The van der Waals surface area contributed by atoms with Gasteiger partial charge in [-0.15, -0.1) is 0 Å². The van der Waals surface area contributed by atoms with Gasteiger partial charge in [0.2, 0.25) is 0 Å². The van der Waals surface area contributed by atoms with E-state index in [2.05, 4.69) is 102 Å². The van der Waals surface area contributed by atoms with Gasteiger partial charge in [-0.25, -0.2) is 0 Å². The van der Waals surface area contributed by atoms with E-state index in [1.54, 1.807) is 7.11 Å². The molecular weight excluding hydrogens is 466 g/mol. The van der Waals surface area contributed by atoms with Gasteiger partial charge in [-0.05, 0) is 94.5 Å². The number of benzene rings is 5. The van der Waals surface area contributed by atoms with Crippen LogP contribution < -0.4 is 9.47 Å². The van der Waals surface area contributed by atoms with Crippen LogP contribution >= 0.6 is 0 Å². The quantitative estimate of drug-likeness (QED) is 0.159. The summed E-state index contributed by atoms with van der Waals surface area (Å²) in [6.07, 6.45) is 3.98. The smallest absolute Gasteiger partial charge is 0.119 e. The second kappa shape index (κ2) is 11.3. The molecule has 3 heteroatoms. The maximum Gasteiger partial charge on any atom is 0.119 e. The molecule has 0 spiro atoms. The number of hydrogen-bond acceptors (Lipinski definition) is 3. The van der Waals surface area contributed by atoms with Crippen molar-refractivity contribution in [3.8, 4) is 11.5 Å². The summed E-state index contributed by atoms with van der Waals surface area (Å²) < 4.78 is 11.8. The van der Waals surface area contributed by atoms with Crippen LogP contribution in [0.1, 0.15) is 41.9 Å². The Hall–Kier alpha value is -3.82. The summed E-state index contributed by atoms with van der Waals surface area (Å²) in [5.74, 6) is 1.86. The van der Waals surface area contributed by atoms with E-state index in [0.717, 1.165) is 24.7 Å². The first-order valence-electron chi connectivity index (χ1n) is 13.8. The molecule has 1 aliphatic rings. The molecule has 192 valence electrons. The first kappa shape index (κ1) is 24.5. The zero-order valence-corrected chi connectivity index (χ0v) is 22.1. The van der Waals surface area contributed by atoms with E-state index in [4.69, 9.17) is 9.47 Å². The highest BCUT2D eigenvalue weighted by Crippen LogP contribution is 2.40. The van der Waals surface area contributed by atoms with Crippen LogP contribution in [-0.2, 0) is 0 Å². The Morgan fingerprint density at radius 1 is 0.658 bits per heavy atom. The number of piperidine rings is 1. The van der Waals surface area contributed by atoms with Crippen LogP contribution in [0.25, 0.3) is 21.5 Å². The highest BCUT2D eigenvalue weighted by Gasteiger charge is 2.21. The Labute approximate surface area is 225 Å². The molecule has 38 heavy (non-hydrogen) atoms. The molecule has 1 aliphatic heterocycles. The van der Waals surface area contributed by atoms with E-state index in [0.29, 0.717) is 0 Å². The molecule has 1 unspecified atom stereocenters. The van der Waals surface area contributed by atoms with Crippen molar-refractivity contribution < 1.29 is 9.47 Å². The third kappa shape index (κ3) is 5.12. The number of likely N-dealkylation sites (tertiary alicyclic amines) is 1. The Kier molecular flexibility index (Phi) is 7.28. The van der Waals surface area contributed by atoms with Crippen molar-refractivity contribution in [1.82, 2.24) is 4.90 Å². The van der Waals surface area contributed by atoms with Crippen LogP contribution in [0, 0.1) is 0 Å². The maximum atomic E-state index is 6.16. The Morgan fingerprint density at radius 2 is 1.39 bits per heavy atom. The van der Waals surface area contributed by atoms with Gasteiger partial charge < -0.3 is 9.47 Å². The average molecular weight is 502 g/mol. The van der Waals surface area contributed by atoms with Crippen molar-refractivity contribution in [3.63, 3.8) is 0 Å². The van der Waals surface area contributed by atoms with Crippen molar-refractivity contribution >= 4 is 21.5 Å². The lowest BCUT2D eigenvalue weighted by Crippen LogP contribution is -2.33. The van der Waals surface area contributed by atoms with Gasteiger partial charge in [0, 0.05) is 12.5 Å². The van der Waals surface area contributed by atoms with Crippen LogP contribution in [0.3, 0.4) is 0 Å². The average Bonchev–Trinajstić information content (AvgIpc) is 2.99. The number of hydrogen-bond donors (Lipinski definition) is 0. The summed E-state index contributed by atoms with van der Waals surface area (Å²) >= 11 is 0. The Balaban J connectivity index is 1.38. The monoisotopic (exact) mass is 501 g/mol. The standard InChI is InChI=1S/C35H35NO2/c1-37-30-12-9-11-28(24-30)35(26-16-18-29(19-17-26)38-23-22-36-20-7-2-8-21-36)34-25-27-10-3-4-13-31(27)32-14-5-6-15-33(32)34/h3-6,9-19,24-25,35H,2,7-8,20-23H2,1H3. The van der Waals surface area contributed by atoms with Gasteiger partial charge in [0.1, 0.15) is 18.1 Å². The molecule has 1 saturated heterocycles. The van der Waals surface area contributed by atoms with Gasteiger partial charge in [-0.2, -0.15) is 0 Å². The third-order valence-corrected chi connectivity index (χ3v) is 7.88. The van der Waals surface area contributed by atoms with Crippen molar-refractivity contribution in [3.05, 3.63) is 120 Å². The van der Waals surface area contributed by atoms with Gasteiger partial charge in [0.15, 0.2) is 0 Å². The number of nitrogens with zero attached hydrogens (tertiary/aromatic N) is 1. The van der Waals surface area contributed by atoms with Crippen LogP contribution in [0.2, 0.25) is 0 Å². The molecule has 0 saturated carbocycles. The van der Waals surface area contributed by atoms with Gasteiger partial charge in [0.25, 0.3) is 0 Å². The normalized spacial score (nSPS) is 15.0. The first-order chi connectivity index (χ1) is 18.8. The van der Waals surface area contributed by atoms with Gasteiger partial charge >= 0.3 is 0 Å². The molecule has 0 bridgehead atoms. The summed E-state index contributed by atoms with van der Waals surface area (Å²) in [6.45, 7) is 4.12. The Bertz CT molecular complexity index is 1520. The molecule has 1 heterocycles. The second-order valence-electron chi connectivity index (χ2n) is 10.3. The Morgan fingerprint density at radius 3 is 2.18 bits per heavy atom. The van der Waals surface area contributed by atoms with E-state index >= 15 is 0 Å². The predicted molar refractivity (Wildman–Crippen MR) is 158 cm³/mol. The van der Waals surface area contributed by atoms with Crippen LogP contribution in [-0.4, -0.2) is 38.3 Å². The lowest BCUT2D eigenvalue weighted by atomic mass is 9.81. The maximum absolute atomic E-state index is 6.16. The predicted octanol–water partition coefficient (Wildman–Crippen LogP) is 8.05. The first-order valence-corrected chi connectivity index (χ1v) is 13.8. The van der Waals surface area contributed by atoms with Crippen LogP contribution in [0.5, 0.6) is 11.5 Å². The lowest BCUT2D eigenvalue weighted by Gasteiger charge is -2.26. The van der Waals surface area contributed by atoms with E-state index in [9.17, 15) is 0 Å². The highest BCUT2D eigenvalue weighted by atomic mass is 16.5. The fourth-order valence-electron chi connectivity index (χ4n) is 5.93. The minimum Gasteiger partial charge on any atom is -0.497 e. The number of fused-ring (bicyclic) bond motifs is 3. The number of ether oxygens (including phenoxy) is 2. The molecule has 5 aromatic rings. The highest BCUT2D eigenvalue weighted by molar-refractivity contribution is 6.09. The molecule has 0 aromatic heterocycles. The topological polar surface area (TPSA) is 21.7 Å². The lowest BCUT2D eigenvalue weighted by molar-refractivity contribution is 0.183. The van der Waals surface area contributed by atoms with E-state index in [1.165, 1.54) is 70.6 Å².